The van der Waals surface area contributed by atoms with Crippen molar-refractivity contribution in [3.8, 4) is 22.8 Å². The number of hydrogen-bond acceptors (Lipinski definition) is 7. The van der Waals surface area contributed by atoms with Gasteiger partial charge in [0.1, 0.15) is 17.2 Å². The summed E-state index contributed by atoms with van der Waals surface area (Å²) in [6.45, 7) is 0. The fraction of sp³-hybridized carbons (Fsp3) is 0.100. The average Bonchev–Trinajstić information content (AvgIpc) is 3.39. The van der Waals surface area contributed by atoms with Gasteiger partial charge < -0.3 is 14.8 Å². The van der Waals surface area contributed by atoms with Crippen molar-refractivity contribution in [2.45, 2.75) is 0 Å². The van der Waals surface area contributed by atoms with Crippen molar-refractivity contribution in [2.75, 3.05) is 19.5 Å². The molecule has 2 aromatic carbocycles. The van der Waals surface area contributed by atoms with Crippen LogP contribution in [0.2, 0.25) is 0 Å². The van der Waals surface area contributed by atoms with Gasteiger partial charge in [0.2, 0.25) is 5.95 Å². The highest BCUT2D eigenvalue weighted by atomic mass is 16.5. The normalized spacial score (nSPS) is 11.1. The molecule has 0 spiro atoms. The highest BCUT2D eigenvalue weighted by molar-refractivity contribution is 5.96. The molecule has 5 aromatic rings. The van der Waals surface area contributed by atoms with Gasteiger partial charge in [-0.15, -0.1) is 5.10 Å². The fourth-order valence-electron chi connectivity index (χ4n) is 3.24. The molecule has 0 atom stereocenters. The summed E-state index contributed by atoms with van der Waals surface area (Å²) in [6, 6.07) is 11.4. The molecule has 0 radical (unpaired) electrons. The molecule has 0 fully saturated rings. The SMILES string of the molecule is COc1cc(Nc2nc3c(-c4cccc5[nH]ncc45)nccn3n2)cc(OC)c1. The van der Waals surface area contributed by atoms with E-state index in [1.807, 2.05) is 30.3 Å². The van der Waals surface area contributed by atoms with Gasteiger partial charge in [-0.3, -0.25) is 10.1 Å². The van der Waals surface area contributed by atoms with E-state index in [0.717, 1.165) is 27.8 Å². The number of rotatable bonds is 5. The number of nitrogens with one attached hydrogen (secondary N) is 2. The Morgan fingerprint density at radius 3 is 2.69 bits per heavy atom. The Bertz CT molecular complexity index is 1300. The van der Waals surface area contributed by atoms with Gasteiger partial charge in [-0.2, -0.15) is 10.1 Å². The molecule has 9 nitrogen and oxygen atoms in total. The number of methoxy groups -OCH3 is 2. The van der Waals surface area contributed by atoms with Crippen LogP contribution in [0.1, 0.15) is 0 Å². The van der Waals surface area contributed by atoms with E-state index < -0.39 is 0 Å². The molecule has 0 amide bonds. The summed E-state index contributed by atoms with van der Waals surface area (Å²) in [5.74, 6) is 1.78. The molecular formula is C20H17N7O2. The first-order valence-electron chi connectivity index (χ1n) is 8.89. The van der Waals surface area contributed by atoms with Crippen LogP contribution < -0.4 is 14.8 Å². The van der Waals surface area contributed by atoms with Crippen LogP contribution in [0.15, 0.2) is 55.0 Å². The molecule has 3 heterocycles. The van der Waals surface area contributed by atoms with Crippen LogP contribution in [0.5, 0.6) is 11.5 Å². The van der Waals surface area contributed by atoms with Crippen LogP contribution in [0.4, 0.5) is 11.6 Å². The molecule has 5 rings (SSSR count). The maximum absolute atomic E-state index is 5.32. The van der Waals surface area contributed by atoms with Gasteiger partial charge in [0.15, 0.2) is 5.65 Å². The third kappa shape index (κ3) is 2.98. The number of benzene rings is 2. The summed E-state index contributed by atoms with van der Waals surface area (Å²) in [5, 5.41) is 15.8. The van der Waals surface area contributed by atoms with E-state index in [0.29, 0.717) is 23.1 Å². The number of nitrogens with zero attached hydrogens (tertiary/aromatic N) is 5. The minimum absolute atomic E-state index is 0.439. The Morgan fingerprint density at radius 1 is 1.07 bits per heavy atom. The summed E-state index contributed by atoms with van der Waals surface area (Å²) in [5.41, 5.74) is 3.99. The molecule has 9 heteroatoms. The predicted molar refractivity (Wildman–Crippen MR) is 109 cm³/mol. The smallest absolute Gasteiger partial charge is 0.247 e. The van der Waals surface area contributed by atoms with Crippen LogP contribution >= 0.6 is 0 Å². The number of fused-ring (bicyclic) bond motifs is 2. The van der Waals surface area contributed by atoms with Gasteiger partial charge in [0.05, 0.1) is 25.9 Å². The second-order valence-corrected chi connectivity index (χ2v) is 6.34. The Morgan fingerprint density at radius 2 is 1.90 bits per heavy atom. The third-order valence-electron chi connectivity index (χ3n) is 4.60. The van der Waals surface area contributed by atoms with E-state index in [2.05, 4.69) is 30.6 Å². The lowest BCUT2D eigenvalue weighted by molar-refractivity contribution is 0.395. The molecule has 0 bridgehead atoms. The van der Waals surface area contributed by atoms with Gasteiger partial charge in [-0.05, 0) is 6.07 Å². The lowest BCUT2D eigenvalue weighted by Gasteiger charge is -2.08. The minimum Gasteiger partial charge on any atom is -0.497 e. The van der Waals surface area contributed by atoms with Crippen molar-refractivity contribution in [2.24, 2.45) is 0 Å². The van der Waals surface area contributed by atoms with Crippen molar-refractivity contribution in [1.29, 1.82) is 0 Å². The van der Waals surface area contributed by atoms with Crippen LogP contribution in [-0.4, -0.2) is 44.0 Å². The van der Waals surface area contributed by atoms with Gasteiger partial charge in [0, 0.05) is 47.2 Å². The lowest BCUT2D eigenvalue weighted by Crippen LogP contribution is -1.95. The third-order valence-corrected chi connectivity index (χ3v) is 4.60. The molecule has 0 aliphatic heterocycles. The van der Waals surface area contributed by atoms with Gasteiger partial charge >= 0.3 is 0 Å². The summed E-state index contributed by atoms with van der Waals surface area (Å²) < 4.78 is 12.3. The highest BCUT2D eigenvalue weighted by Gasteiger charge is 2.14. The number of H-pyrrole nitrogens is 1. The molecule has 29 heavy (non-hydrogen) atoms. The van der Waals surface area contributed by atoms with Crippen LogP contribution in [-0.2, 0) is 0 Å². The van der Waals surface area contributed by atoms with Crippen molar-refractivity contribution in [3.63, 3.8) is 0 Å². The largest absolute Gasteiger partial charge is 0.497 e. The molecule has 0 unspecified atom stereocenters. The van der Waals surface area contributed by atoms with E-state index in [1.54, 1.807) is 43.4 Å². The molecular weight excluding hydrogens is 370 g/mol. The first kappa shape index (κ1) is 17.0. The first-order chi connectivity index (χ1) is 14.2. The van der Waals surface area contributed by atoms with Crippen molar-refractivity contribution in [3.05, 3.63) is 55.0 Å². The Labute approximate surface area is 165 Å². The van der Waals surface area contributed by atoms with E-state index in [1.165, 1.54) is 0 Å². The molecule has 0 aliphatic rings. The molecule has 144 valence electrons. The first-order valence-corrected chi connectivity index (χ1v) is 8.89. The monoisotopic (exact) mass is 387 g/mol. The molecule has 0 saturated heterocycles. The zero-order valence-electron chi connectivity index (χ0n) is 15.7. The maximum atomic E-state index is 5.32. The van der Waals surface area contributed by atoms with E-state index >= 15 is 0 Å². The molecule has 3 aromatic heterocycles. The van der Waals surface area contributed by atoms with E-state index in [4.69, 9.17) is 9.47 Å². The molecule has 0 saturated carbocycles. The average molecular weight is 387 g/mol. The number of anilines is 2. The second-order valence-electron chi connectivity index (χ2n) is 6.34. The minimum atomic E-state index is 0.439. The van der Waals surface area contributed by atoms with Gasteiger partial charge in [0.25, 0.3) is 0 Å². The van der Waals surface area contributed by atoms with Crippen LogP contribution in [0.25, 0.3) is 27.8 Å². The second kappa shape index (κ2) is 6.79. The van der Waals surface area contributed by atoms with E-state index in [-0.39, 0.29) is 0 Å². The number of aromatic nitrogens is 6. The lowest BCUT2D eigenvalue weighted by atomic mass is 10.1. The summed E-state index contributed by atoms with van der Waals surface area (Å²) in [7, 11) is 3.21. The number of ether oxygens (including phenoxy) is 2. The highest BCUT2D eigenvalue weighted by Crippen LogP contribution is 2.30. The Balaban J connectivity index is 1.59. The number of aromatic amines is 1. The van der Waals surface area contributed by atoms with E-state index in [9.17, 15) is 0 Å². The molecule has 0 aliphatic carbocycles. The van der Waals surface area contributed by atoms with Crippen LogP contribution in [0.3, 0.4) is 0 Å². The maximum Gasteiger partial charge on any atom is 0.247 e. The van der Waals surface area contributed by atoms with Gasteiger partial charge in [-0.1, -0.05) is 12.1 Å². The topological polar surface area (TPSA) is 102 Å². The van der Waals surface area contributed by atoms with Crippen molar-refractivity contribution < 1.29 is 9.47 Å². The predicted octanol–water partition coefficient (Wildman–Crippen LogP) is 3.43. The Hall–Kier alpha value is -4.14. The van der Waals surface area contributed by atoms with Crippen molar-refractivity contribution in [1.82, 2.24) is 29.8 Å². The summed E-state index contributed by atoms with van der Waals surface area (Å²) in [6.07, 6.45) is 5.25. The standard InChI is InChI=1S/C20H17N7O2/c1-28-13-8-12(9-14(10-13)29-2)23-20-24-19-18(21-6-7-27(19)26-20)15-4-3-5-17-16(15)11-22-25-17/h3-11H,1-2H3,(H,22,25)(H,23,26). The zero-order valence-corrected chi connectivity index (χ0v) is 15.7. The zero-order chi connectivity index (χ0) is 19.8. The molecule has 2 N–H and O–H groups in total. The summed E-state index contributed by atoms with van der Waals surface area (Å²) in [4.78, 5) is 9.20. The van der Waals surface area contributed by atoms with Crippen molar-refractivity contribution >= 4 is 28.2 Å². The van der Waals surface area contributed by atoms with Gasteiger partial charge in [-0.25, -0.2) is 4.52 Å². The summed E-state index contributed by atoms with van der Waals surface area (Å²) >= 11 is 0. The van der Waals surface area contributed by atoms with Crippen LogP contribution in [0, 0.1) is 0 Å². The fourth-order valence-corrected chi connectivity index (χ4v) is 3.24. The Kier molecular flexibility index (Phi) is 3.98. The quantitative estimate of drug-likeness (QED) is 0.476. The number of hydrogen-bond donors (Lipinski definition) is 2.